The van der Waals surface area contributed by atoms with E-state index in [9.17, 15) is 37.5 Å². The van der Waals surface area contributed by atoms with Crippen LogP contribution in [0.25, 0.3) is 0 Å². The van der Waals surface area contributed by atoms with Crippen molar-refractivity contribution in [3.8, 4) is 0 Å². The summed E-state index contributed by atoms with van der Waals surface area (Å²) in [5.41, 5.74) is -0.736. The number of hydrogen-bond acceptors (Lipinski definition) is 8. The maximum atomic E-state index is 12.4. The van der Waals surface area contributed by atoms with Gasteiger partial charge in [-0.3, -0.25) is 14.9 Å². The number of carbonyl (C=O) groups is 4. The molecule has 2 aliphatic heterocycles. The molecule has 2 rings (SSSR count). The molecule has 0 saturated carbocycles. The Morgan fingerprint density at radius 1 is 1.16 bits per heavy atom. The molecule has 2 aliphatic rings. The molecule has 5 N–H and O–H groups in total. The zero-order chi connectivity index (χ0) is 28.5. The van der Waals surface area contributed by atoms with Gasteiger partial charge in [-0.25, -0.2) is 14.6 Å². The number of unbranched alkanes of at least 4 members (excludes halogenated alkanes) is 2. The van der Waals surface area contributed by atoms with Gasteiger partial charge in [-0.05, 0) is 52.9 Å². The number of nitrogens with one attached hydrogen (secondary N) is 4. The summed E-state index contributed by atoms with van der Waals surface area (Å²) in [6.45, 7) is 5.42. The summed E-state index contributed by atoms with van der Waals surface area (Å²) in [5.74, 6) is -2.82. The summed E-state index contributed by atoms with van der Waals surface area (Å²) < 4.78 is 42.4. The number of carboxylic acid groups (broad SMARTS) is 1. The van der Waals surface area contributed by atoms with Crippen LogP contribution in [0.3, 0.4) is 0 Å². The van der Waals surface area contributed by atoms with Gasteiger partial charge in [0.05, 0.1) is 12.1 Å². The van der Waals surface area contributed by atoms with Crippen molar-refractivity contribution in [1.82, 2.24) is 21.3 Å². The molecule has 0 aromatic carbocycles. The number of nitrogens with zero attached hydrogens (tertiary/aromatic N) is 1. The molecule has 0 radical (unpaired) electrons. The summed E-state index contributed by atoms with van der Waals surface area (Å²) >= 11 is 1.67. The third-order valence-electron chi connectivity index (χ3n) is 5.75. The number of hydrogen-bond donors (Lipinski definition) is 5. The largest absolute Gasteiger partial charge is 0.480 e. The second kappa shape index (κ2) is 13.9. The summed E-state index contributed by atoms with van der Waals surface area (Å²) in [6.07, 6.45) is -2.11. The minimum atomic E-state index is -4.98. The van der Waals surface area contributed by atoms with Crippen molar-refractivity contribution in [3.63, 3.8) is 0 Å². The Hall–Kier alpha value is -2.71. The number of halogens is 3. The first-order chi connectivity index (χ1) is 17.7. The van der Waals surface area contributed by atoms with Gasteiger partial charge in [-0.2, -0.15) is 24.9 Å². The van der Waals surface area contributed by atoms with Crippen LogP contribution in [0.5, 0.6) is 0 Å². The van der Waals surface area contributed by atoms with Crippen LogP contribution in [0.15, 0.2) is 4.99 Å². The zero-order valence-electron chi connectivity index (χ0n) is 21.7. The van der Waals surface area contributed by atoms with Crippen LogP contribution in [0, 0.1) is 0 Å². The number of rotatable bonds is 12. The average molecular weight is 568 g/mol. The third-order valence-corrected chi connectivity index (χ3v) is 7.24. The standard InChI is InChI=1S/C23H36F3N5O6S/c1-22(2,3)37-21(36)29-13(18(33)34)8-6-7-11-27-16(32)10-5-4-9-15-17-14(12-38-15)28-20(30-17)31-19(35)23(24,25)26/h13-15,17H,4-12H2,1-3H3,(H,27,32)(H,29,36)(H,33,34)(H2,28,30,31,35)/t13-,14-,15-,17?/m0/s1. The molecule has 0 aromatic heterocycles. The number of aliphatic imine (C=N–C) groups is 1. The maximum absolute atomic E-state index is 12.4. The van der Waals surface area contributed by atoms with Crippen molar-refractivity contribution in [2.24, 2.45) is 4.99 Å². The quantitative estimate of drug-likeness (QED) is 0.225. The minimum absolute atomic E-state index is 0.0901. The minimum Gasteiger partial charge on any atom is -0.480 e. The highest BCUT2D eigenvalue weighted by molar-refractivity contribution is 8.00. The molecule has 0 spiro atoms. The molecule has 0 aliphatic carbocycles. The molecule has 1 unspecified atom stereocenters. The van der Waals surface area contributed by atoms with E-state index in [4.69, 9.17) is 4.74 Å². The van der Waals surface area contributed by atoms with Gasteiger partial charge in [0.25, 0.3) is 0 Å². The van der Waals surface area contributed by atoms with E-state index in [1.54, 1.807) is 37.8 Å². The van der Waals surface area contributed by atoms with Gasteiger partial charge >= 0.3 is 24.1 Å². The SMILES string of the molecule is CC(C)(C)OC(=O)N[C@@H](CCCCNC(=O)CCCC[C@@H]1SC[C@@H]2NC(NC(=O)C(F)(F)F)=NC21)C(=O)O. The number of alkyl carbamates (subject to hydrolysis) is 1. The predicted octanol–water partition coefficient (Wildman–Crippen LogP) is 2.30. The zero-order valence-corrected chi connectivity index (χ0v) is 22.5. The highest BCUT2D eigenvalue weighted by Crippen LogP contribution is 2.35. The first-order valence-corrected chi connectivity index (χ1v) is 13.5. The summed E-state index contributed by atoms with van der Waals surface area (Å²) in [5, 5.41) is 19.1. The molecule has 0 bridgehead atoms. The van der Waals surface area contributed by atoms with Crippen LogP contribution in [-0.2, 0) is 19.1 Å². The Bertz CT molecular complexity index is 896. The monoisotopic (exact) mass is 567 g/mol. The molecular formula is C23H36F3N5O6S. The van der Waals surface area contributed by atoms with E-state index >= 15 is 0 Å². The summed E-state index contributed by atoms with van der Waals surface area (Å²) in [4.78, 5) is 50.5. The second-order valence-corrected chi connectivity index (χ2v) is 11.4. The van der Waals surface area contributed by atoms with E-state index < -0.39 is 35.8 Å². The van der Waals surface area contributed by atoms with Gasteiger partial charge in [0.2, 0.25) is 5.91 Å². The lowest BCUT2D eigenvalue weighted by molar-refractivity contribution is -0.171. The fraction of sp³-hybridized carbons (Fsp3) is 0.783. The smallest absolute Gasteiger partial charge is 0.471 e. The third kappa shape index (κ3) is 11.0. The van der Waals surface area contributed by atoms with E-state index in [-0.39, 0.29) is 35.6 Å². The molecule has 11 nitrogen and oxygen atoms in total. The van der Waals surface area contributed by atoms with Crippen LogP contribution in [0.1, 0.15) is 65.7 Å². The topological polar surface area (TPSA) is 158 Å². The van der Waals surface area contributed by atoms with Crippen molar-refractivity contribution < 1.29 is 42.2 Å². The molecule has 2 heterocycles. The number of amides is 3. The van der Waals surface area contributed by atoms with E-state index in [2.05, 4.69) is 20.9 Å². The fourth-order valence-corrected chi connectivity index (χ4v) is 5.49. The van der Waals surface area contributed by atoms with Crippen LogP contribution in [0.2, 0.25) is 0 Å². The van der Waals surface area contributed by atoms with Gasteiger partial charge in [-0.15, -0.1) is 0 Å². The normalized spacial score (nSPS) is 21.5. The summed E-state index contributed by atoms with van der Waals surface area (Å²) in [7, 11) is 0. The number of carboxylic acids is 1. The number of carbonyl (C=O) groups excluding carboxylic acids is 3. The van der Waals surface area contributed by atoms with Crippen molar-refractivity contribution in [2.75, 3.05) is 12.3 Å². The van der Waals surface area contributed by atoms with Crippen molar-refractivity contribution in [2.45, 2.75) is 101 Å². The predicted molar refractivity (Wildman–Crippen MR) is 135 cm³/mol. The van der Waals surface area contributed by atoms with E-state index in [1.807, 2.05) is 0 Å². The van der Waals surface area contributed by atoms with Crippen molar-refractivity contribution in [1.29, 1.82) is 0 Å². The molecule has 1 saturated heterocycles. The Balaban J connectivity index is 1.58. The van der Waals surface area contributed by atoms with Gasteiger partial charge in [-0.1, -0.05) is 6.42 Å². The Morgan fingerprint density at radius 3 is 2.50 bits per heavy atom. The first-order valence-electron chi connectivity index (χ1n) is 12.5. The Morgan fingerprint density at radius 2 is 1.87 bits per heavy atom. The van der Waals surface area contributed by atoms with Gasteiger partial charge < -0.3 is 25.8 Å². The molecule has 3 amide bonds. The fourth-order valence-electron chi connectivity index (χ4n) is 3.97. The maximum Gasteiger partial charge on any atom is 0.471 e. The summed E-state index contributed by atoms with van der Waals surface area (Å²) in [6, 6.07) is -1.43. The van der Waals surface area contributed by atoms with Gasteiger partial charge in [0.15, 0.2) is 5.96 Å². The highest BCUT2D eigenvalue weighted by Gasteiger charge is 2.44. The lowest BCUT2D eigenvalue weighted by Crippen LogP contribution is -2.47. The van der Waals surface area contributed by atoms with Crippen LogP contribution >= 0.6 is 11.8 Å². The molecule has 38 heavy (non-hydrogen) atoms. The lowest BCUT2D eigenvalue weighted by atomic mass is 10.0. The molecule has 4 atom stereocenters. The number of thioether (sulfide) groups is 1. The lowest BCUT2D eigenvalue weighted by Gasteiger charge is -2.22. The Kier molecular flexibility index (Phi) is 11.5. The molecule has 216 valence electrons. The van der Waals surface area contributed by atoms with E-state index in [0.29, 0.717) is 38.0 Å². The number of guanidine groups is 1. The second-order valence-electron chi connectivity index (χ2n) is 10.2. The highest BCUT2D eigenvalue weighted by atomic mass is 32.2. The van der Waals surface area contributed by atoms with Gasteiger partial charge in [0.1, 0.15) is 11.6 Å². The van der Waals surface area contributed by atoms with Crippen LogP contribution in [0.4, 0.5) is 18.0 Å². The van der Waals surface area contributed by atoms with Crippen LogP contribution in [-0.4, -0.2) is 82.4 Å². The number of alkyl halides is 3. The number of ether oxygens (including phenoxy) is 1. The van der Waals surface area contributed by atoms with E-state index in [1.165, 1.54) is 0 Å². The average Bonchev–Trinajstić information content (AvgIpc) is 3.34. The number of fused-ring (bicyclic) bond motifs is 1. The molecule has 15 heteroatoms. The van der Waals surface area contributed by atoms with Crippen LogP contribution < -0.4 is 21.3 Å². The van der Waals surface area contributed by atoms with Crippen molar-refractivity contribution in [3.05, 3.63) is 0 Å². The molecular weight excluding hydrogens is 531 g/mol. The van der Waals surface area contributed by atoms with Crippen molar-refractivity contribution >= 4 is 41.6 Å². The number of aliphatic carboxylic acids is 1. The molecule has 0 aromatic rings. The first kappa shape index (κ1) is 31.5. The van der Waals surface area contributed by atoms with E-state index in [0.717, 1.165) is 12.8 Å². The Labute approximate surface area is 223 Å². The van der Waals surface area contributed by atoms with Gasteiger partial charge in [0, 0.05) is 24.0 Å². The molecule has 1 fully saturated rings.